The van der Waals surface area contributed by atoms with E-state index in [-0.39, 0.29) is 12.1 Å². The SMILES string of the molecule is CCOc1ccc(OCC)c(NC(=O)C2NNNC2Nc2ccc(OC)cc2)c1. The molecule has 3 rings (SSSR count). The molecule has 2 aromatic rings. The van der Waals surface area contributed by atoms with Crippen molar-refractivity contribution in [1.29, 1.82) is 0 Å². The van der Waals surface area contributed by atoms with Crippen LogP contribution in [0.25, 0.3) is 0 Å². The third-order valence-electron chi connectivity index (χ3n) is 4.30. The highest BCUT2D eigenvalue weighted by atomic mass is 16.5. The lowest BCUT2D eigenvalue weighted by molar-refractivity contribution is -0.118. The van der Waals surface area contributed by atoms with E-state index in [9.17, 15) is 4.79 Å². The van der Waals surface area contributed by atoms with Gasteiger partial charge in [-0.05, 0) is 50.2 Å². The van der Waals surface area contributed by atoms with E-state index in [0.717, 1.165) is 11.4 Å². The van der Waals surface area contributed by atoms with Crippen molar-refractivity contribution in [3.05, 3.63) is 42.5 Å². The zero-order chi connectivity index (χ0) is 20.6. The van der Waals surface area contributed by atoms with Crippen molar-refractivity contribution < 1.29 is 19.0 Å². The van der Waals surface area contributed by atoms with Gasteiger partial charge in [-0.25, -0.2) is 10.9 Å². The molecule has 1 saturated heterocycles. The number of nitrogens with one attached hydrogen (secondary N) is 5. The van der Waals surface area contributed by atoms with Crippen LogP contribution in [0, 0.1) is 0 Å². The second-order valence-corrected chi connectivity index (χ2v) is 6.26. The van der Waals surface area contributed by atoms with Crippen LogP contribution in [0.5, 0.6) is 17.2 Å². The second-order valence-electron chi connectivity index (χ2n) is 6.26. The number of carbonyl (C=O) groups excluding carboxylic acids is 1. The number of carbonyl (C=O) groups is 1. The number of benzene rings is 2. The minimum Gasteiger partial charge on any atom is -0.497 e. The van der Waals surface area contributed by atoms with Gasteiger partial charge in [-0.3, -0.25) is 4.79 Å². The molecular weight excluding hydrogens is 374 g/mol. The normalized spacial score (nSPS) is 18.2. The van der Waals surface area contributed by atoms with Gasteiger partial charge >= 0.3 is 0 Å². The quantitative estimate of drug-likeness (QED) is 0.434. The van der Waals surface area contributed by atoms with Gasteiger partial charge in [0.1, 0.15) is 29.5 Å². The lowest BCUT2D eigenvalue weighted by Gasteiger charge is -2.21. The third-order valence-corrected chi connectivity index (χ3v) is 4.30. The van der Waals surface area contributed by atoms with Crippen LogP contribution in [0.2, 0.25) is 0 Å². The van der Waals surface area contributed by atoms with Gasteiger partial charge in [0.15, 0.2) is 0 Å². The Hall–Kier alpha value is -3.01. The molecule has 1 amide bonds. The van der Waals surface area contributed by atoms with Gasteiger partial charge < -0.3 is 24.8 Å². The summed E-state index contributed by atoms with van der Waals surface area (Å²) in [6.45, 7) is 4.82. The topological polar surface area (TPSA) is 105 Å². The predicted octanol–water partition coefficient (Wildman–Crippen LogP) is 1.85. The first-order valence-electron chi connectivity index (χ1n) is 9.51. The zero-order valence-corrected chi connectivity index (χ0v) is 16.7. The molecule has 0 aliphatic carbocycles. The molecule has 2 unspecified atom stereocenters. The third kappa shape index (κ3) is 5.29. The lowest BCUT2D eigenvalue weighted by Crippen LogP contribution is -2.48. The van der Waals surface area contributed by atoms with Gasteiger partial charge in [0.2, 0.25) is 5.91 Å². The highest BCUT2D eigenvalue weighted by Crippen LogP contribution is 2.30. The van der Waals surface area contributed by atoms with E-state index in [1.165, 1.54) is 0 Å². The Labute approximate surface area is 170 Å². The van der Waals surface area contributed by atoms with Gasteiger partial charge in [-0.1, -0.05) is 0 Å². The van der Waals surface area contributed by atoms with Crippen molar-refractivity contribution in [2.45, 2.75) is 26.1 Å². The van der Waals surface area contributed by atoms with Crippen LogP contribution in [0.1, 0.15) is 13.8 Å². The summed E-state index contributed by atoms with van der Waals surface area (Å²) in [6.07, 6.45) is -0.381. The van der Waals surface area contributed by atoms with E-state index >= 15 is 0 Å². The maximum atomic E-state index is 12.9. The summed E-state index contributed by atoms with van der Waals surface area (Å²) in [7, 11) is 1.62. The summed E-state index contributed by atoms with van der Waals surface area (Å²) in [5.74, 6) is 1.78. The van der Waals surface area contributed by atoms with Gasteiger partial charge in [0, 0.05) is 11.8 Å². The molecule has 0 bridgehead atoms. The van der Waals surface area contributed by atoms with Gasteiger partial charge in [0.05, 0.1) is 26.0 Å². The molecule has 1 heterocycles. The molecule has 0 saturated carbocycles. The van der Waals surface area contributed by atoms with Crippen LogP contribution in [-0.4, -0.2) is 38.4 Å². The molecule has 0 spiro atoms. The van der Waals surface area contributed by atoms with Crippen LogP contribution in [-0.2, 0) is 4.79 Å². The van der Waals surface area contributed by atoms with E-state index in [2.05, 4.69) is 27.0 Å². The maximum absolute atomic E-state index is 12.9. The summed E-state index contributed by atoms with van der Waals surface area (Å²) in [5.41, 5.74) is 10.1. The molecular formula is C20H27N5O4. The predicted molar refractivity (Wildman–Crippen MR) is 111 cm³/mol. The Morgan fingerprint density at radius 3 is 2.41 bits per heavy atom. The molecule has 29 heavy (non-hydrogen) atoms. The van der Waals surface area contributed by atoms with E-state index in [1.54, 1.807) is 19.2 Å². The van der Waals surface area contributed by atoms with Crippen molar-refractivity contribution in [2.75, 3.05) is 31.0 Å². The Kier molecular flexibility index (Phi) is 7.12. The van der Waals surface area contributed by atoms with Crippen molar-refractivity contribution in [3.63, 3.8) is 0 Å². The Morgan fingerprint density at radius 1 is 1.00 bits per heavy atom. The minimum atomic E-state index is -0.581. The molecule has 2 atom stereocenters. The van der Waals surface area contributed by atoms with Gasteiger partial charge in [0.25, 0.3) is 0 Å². The first-order chi connectivity index (χ1) is 14.1. The largest absolute Gasteiger partial charge is 0.497 e. The van der Waals surface area contributed by atoms with Crippen molar-refractivity contribution in [3.8, 4) is 17.2 Å². The van der Waals surface area contributed by atoms with E-state index in [1.807, 2.05) is 44.2 Å². The summed E-state index contributed by atoms with van der Waals surface area (Å²) in [5, 5.41) is 6.20. The zero-order valence-electron chi connectivity index (χ0n) is 16.7. The number of hydrazine groups is 2. The van der Waals surface area contributed by atoms with Crippen LogP contribution < -0.4 is 41.2 Å². The van der Waals surface area contributed by atoms with Crippen LogP contribution in [0.3, 0.4) is 0 Å². The number of ether oxygens (including phenoxy) is 3. The fourth-order valence-electron chi connectivity index (χ4n) is 2.92. The number of rotatable bonds is 9. The molecule has 156 valence electrons. The number of methoxy groups -OCH3 is 1. The monoisotopic (exact) mass is 401 g/mol. The molecule has 2 aromatic carbocycles. The van der Waals surface area contributed by atoms with Crippen LogP contribution >= 0.6 is 0 Å². The highest BCUT2D eigenvalue weighted by Gasteiger charge is 2.33. The number of amides is 1. The van der Waals surface area contributed by atoms with E-state index in [4.69, 9.17) is 14.2 Å². The molecule has 1 fully saturated rings. The maximum Gasteiger partial charge on any atom is 0.246 e. The first kappa shape index (κ1) is 20.7. The molecule has 0 radical (unpaired) electrons. The number of anilines is 2. The van der Waals surface area contributed by atoms with Gasteiger partial charge in [-0.2, -0.15) is 5.53 Å². The number of hydrogen-bond donors (Lipinski definition) is 5. The summed E-state index contributed by atoms with van der Waals surface area (Å²) < 4.78 is 16.3. The van der Waals surface area contributed by atoms with Gasteiger partial charge in [-0.15, -0.1) is 0 Å². The highest BCUT2D eigenvalue weighted by molar-refractivity contribution is 5.97. The lowest BCUT2D eigenvalue weighted by atomic mass is 10.2. The average Bonchev–Trinajstić information content (AvgIpc) is 3.19. The fourth-order valence-corrected chi connectivity index (χ4v) is 2.92. The molecule has 9 nitrogen and oxygen atoms in total. The van der Waals surface area contributed by atoms with E-state index in [0.29, 0.717) is 30.4 Å². The average molecular weight is 401 g/mol. The standard InChI is InChI=1S/C20H27N5O4/c1-4-28-15-10-11-17(29-5-2)16(12-15)22-20(26)18-19(24-25-23-18)21-13-6-8-14(27-3)9-7-13/h6-12,18-19,21,23-25H,4-5H2,1-3H3,(H,22,26). The smallest absolute Gasteiger partial charge is 0.246 e. The summed E-state index contributed by atoms with van der Waals surface area (Å²) in [6, 6.07) is 12.2. The Bertz CT molecular complexity index is 815. The summed E-state index contributed by atoms with van der Waals surface area (Å²) in [4.78, 5) is 12.9. The van der Waals surface area contributed by atoms with Crippen molar-refractivity contribution in [2.24, 2.45) is 0 Å². The molecule has 0 aromatic heterocycles. The minimum absolute atomic E-state index is 0.233. The Morgan fingerprint density at radius 2 is 1.72 bits per heavy atom. The molecule has 1 aliphatic rings. The van der Waals surface area contributed by atoms with Crippen LogP contribution in [0.4, 0.5) is 11.4 Å². The first-order valence-corrected chi connectivity index (χ1v) is 9.51. The second kappa shape index (κ2) is 9.97. The molecule has 9 heteroatoms. The number of hydrogen-bond acceptors (Lipinski definition) is 8. The van der Waals surface area contributed by atoms with Crippen LogP contribution in [0.15, 0.2) is 42.5 Å². The van der Waals surface area contributed by atoms with E-state index < -0.39 is 6.04 Å². The van der Waals surface area contributed by atoms with Crippen molar-refractivity contribution in [1.82, 2.24) is 16.4 Å². The fraction of sp³-hybridized carbons (Fsp3) is 0.350. The Balaban J connectivity index is 1.70. The van der Waals surface area contributed by atoms with Crippen molar-refractivity contribution >= 4 is 17.3 Å². The molecule has 1 aliphatic heterocycles. The molecule has 5 N–H and O–H groups in total. The summed E-state index contributed by atoms with van der Waals surface area (Å²) >= 11 is 0.